The lowest BCUT2D eigenvalue weighted by Gasteiger charge is -2.42. The van der Waals surface area contributed by atoms with Gasteiger partial charge in [0.25, 0.3) is 0 Å². The fourth-order valence-corrected chi connectivity index (χ4v) is 5.99. The molecule has 1 saturated heterocycles. The molecular weight excluding hydrogens is 569 g/mol. The van der Waals surface area contributed by atoms with E-state index >= 15 is 0 Å². The first-order valence-electron chi connectivity index (χ1n) is 15.2. The van der Waals surface area contributed by atoms with Crippen LogP contribution >= 0.6 is 0 Å². The van der Waals surface area contributed by atoms with Crippen molar-refractivity contribution in [2.24, 2.45) is 5.92 Å². The van der Waals surface area contributed by atoms with Gasteiger partial charge in [-0.3, -0.25) is 24.0 Å². The fourth-order valence-electron chi connectivity index (χ4n) is 5.99. The SMILES string of the molecule is CC(C)[C@@H](C(=O)N(C)[C@@H](CC(=O)OC(C)(C)C)C(=O)N1CCCCC1)N(C)C(=O)C1(NC(=O)C(F)(F)F)CCCCCC1. The van der Waals surface area contributed by atoms with Gasteiger partial charge in [0.2, 0.25) is 17.7 Å². The smallest absolute Gasteiger partial charge is 0.460 e. The number of hydrogen-bond donors (Lipinski definition) is 1. The lowest BCUT2D eigenvalue weighted by atomic mass is 9.86. The number of hydrogen-bond acceptors (Lipinski definition) is 6. The summed E-state index contributed by atoms with van der Waals surface area (Å²) in [6, 6.07) is -2.39. The highest BCUT2D eigenvalue weighted by Crippen LogP contribution is 2.32. The molecule has 1 saturated carbocycles. The molecule has 1 heterocycles. The van der Waals surface area contributed by atoms with Crippen LogP contribution in [0, 0.1) is 5.92 Å². The van der Waals surface area contributed by atoms with Crippen molar-refractivity contribution in [2.45, 2.75) is 128 Å². The van der Waals surface area contributed by atoms with E-state index in [1.165, 1.54) is 14.1 Å². The first kappa shape index (κ1) is 36.3. The number of carbonyl (C=O) groups is 5. The third-order valence-electron chi connectivity index (χ3n) is 8.15. The molecule has 0 aromatic heterocycles. The minimum absolute atomic E-state index is 0.00154. The van der Waals surface area contributed by atoms with Gasteiger partial charge in [0.15, 0.2) is 0 Å². The summed E-state index contributed by atoms with van der Waals surface area (Å²) in [7, 11) is 2.72. The van der Waals surface area contributed by atoms with Gasteiger partial charge in [0.05, 0.1) is 6.42 Å². The maximum absolute atomic E-state index is 14.1. The number of nitrogens with zero attached hydrogens (tertiary/aromatic N) is 3. The van der Waals surface area contributed by atoms with Gasteiger partial charge in [0, 0.05) is 27.2 Å². The first-order chi connectivity index (χ1) is 19.8. The molecule has 0 unspecified atom stereocenters. The summed E-state index contributed by atoms with van der Waals surface area (Å²) in [6.45, 7) is 9.41. The molecule has 2 rings (SSSR count). The van der Waals surface area contributed by atoms with E-state index in [2.05, 4.69) is 0 Å². The lowest BCUT2D eigenvalue weighted by molar-refractivity contribution is -0.177. The van der Waals surface area contributed by atoms with Gasteiger partial charge in [-0.15, -0.1) is 0 Å². The number of likely N-dealkylation sites (tertiary alicyclic amines) is 1. The summed E-state index contributed by atoms with van der Waals surface area (Å²) in [6.07, 6.45) is -0.784. The molecule has 1 aliphatic carbocycles. The standard InChI is InChI=1S/C30H49F3N4O6/c1-20(2)23(36(7)27(42)29(15-11-8-9-12-16-29)34-26(41)30(31,32)33)25(40)35(6)21(19-22(38)43-28(3,4)5)24(39)37-17-13-10-14-18-37/h20-21,23H,8-19H2,1-7H3,(H,34,41)/t21-,23-/m0/s1. The molecule has 0 aromatic carbocycles. The van der Waals surface area contributed by atoms with E-state index in [1.54, 1.807) is 39.5 Å². The minimum Gasteiger partial charge on any atom is -0.460 e. The highest BCUT2D eigenvalue weighted by Gasteiger charge is 2.50. The third kappa shape index (κ3) is 9.82. The predicted molar refractivity (Wildman–Crippen MR) is 153 cm³/mol. The molecule has 246 valence electrons. The Morgan fingerprint density at radius 1 is 0.860 bits per heavy atom. The normalized spacial score (nSPS) is 19.1. The lowest BCUT2D eigenvalue weighted by Crippen LogP contribution is -2.65. The molecule has 0 radical (unpaired) electrons. The van der Waals surface area contributed by atoms with Crippen LogP contribution in [0.15, 0.2) is 0 Å². The van der Waals surface area contributed by atoms with Gasteiger partial charge in [-0.2, -0.15) is 13.2 Å². The molecule has 2 fully saturated rings. The topological polar surface area (TPSA) is 116 Å². The Balaban J connectivity index is 2.43. The number of rotatable bonds is 9. The second kappa shape index (κ2) is 14.7. The van der Waals surface area contributed by atoms with Crippen molar-refractivity contribution in [3.05, 3.63) is 0 Å². The highest BCUT2D eigenvalue weighted by molar-refractivity contribution is 5.97. The van der Waals surface area contributed by atoms with Crippen LogP contribution in [0.4, 0.5) is 13.2 Å². The van der Waals surface area contributed by atoms with E-state index in [-0.39, 0.29) is 12.8 Å². The Hall–Kier alpha value is -2.86. The summed E-state index contributed by atoms with van der Waals surface area (Å²) in [5.41, 5.74) is -2.65. The van der Waals surface area contributed by atoms with E-state index in [0.29, 0.717) is 38.8 Å². The van der Waals surface area contributed by atoms with Crippen LogP contribution < -0.4 is 5.32 Å². The number of nitrogens with one attached hydrogen (secondary N) is 1. The Morgan fingerprint density at radius 3 is 1.84 bits per heavy atom. The molecule has 1 aliphatic heterocycles. The van der Waals surface area contributed by atoms with Crippen molar-refractivity contribution in [3.8, 4) is 0 Å². The summed E-state index contributed by atoms with van der Waals surface area (Å²) in [4.78, 5) is 70.6. The van der Waals surface area contributed by atoms with Crippen LogP contribution in [0.1, 0.15) is 98.8 Å². The summed E-state index contributed by atoms with van der Waals surface area (Å²) in [5, 5.41) is 1.98. The van der Waals surface area contributed by atoms with Gasteiger partial charge in [-0.25, -0.2) is 0 Å². The van der Waals surface area contributed by atoms with Crippen molar-refractivity contribution in [1.82, 2.24) is 20.0 Å². The number of likely N-dealkylation sites (N-methyl/N-ethyl adjacent to an activating group) is 2. The largest absolute Gasteiger partial charge is 0.471 e. The number of ether oxygens (including phenoxy) is 1. The Morgan fingerprint density at radius 2 is 1.37 bits per heavy atom. The highest BCUT2D eigenvalue weighted by atomic mass is 19.4. The quantitative estimate of drug-likeness (QED) is 0.310. The zero-order chi connectivity index (χ0) is 32.8. The molecule has 10 nitrogen and oxygen atoms in total. The second-order valence-corrected chi connectivity index (χ2v) is 13.2. The van der Waals surface area contributed by atoms with E-state index in [9.17, 15) is 37.1 Å². The van der Waals surface area contributed by atoms with Gasteiger partial charge in [-0.05, 0) is 58.8 Å². The predicted octanol–water partition coefficient (Wildman–Crippen LogP) is 3.81. The average Bonchev–Trinajstić information content (AvgIpc) is 3.15. The molecule has 4 amide bonds. The number of alkyl halides is 3. The number of esters is 1. The van der Waals surface area contributed by atoms with Crippen LogP contribution in [0.3, 0.4) is 0 Å². The van der Waals surface area contributed by atoms with E-state index < -0.39 is 71.3 Å². The zero-order valence-electron chi connectivity index (χ0n) is 26.6. The summed E-state index contributed by atoms with van der Waals surface area (Å²) < 4.78 is 45.4. The Labute approximate surface area is 253 Å². The number of amides is 4. The number of halogens is 3. The van der Waals surface area contributed by atoms with Crippen LogP contribution in [0.25, 0.3) is 0 Å². The summed E-state index contributed by atoms with van der Waals surface area (Å²) >= 11 is 0. The van der Waals surface area contributed by atoms with Crippen LogP contribution in [0.2, 0.25) is 0 Å². The van der Waals surface area contributed by atoms with E-state index in [1.807, 2.05) is 5.32 Å². The van der Waals surface area contributed by atoms with Crippen LogP contribution in [-0.2, 0) is 28.7 Å². The molecule has 0 aromatic rings. The molecule has 0 bridgehead atoms. The molecule has 2 aliphatic rings. The minimum atomic E-state index is -5.19. The maximum atomic E-state index is 14.1. The van der Waals surface area contributed by atoms with Crippen LogP contribution in [-0.4, -0.2) is 101 Å². The fraction of sp³-hybridized carbons (Fsp3) is 0.833. The third-order valence-corrected chi connectivity index (χ3v) is 8.15. The average molecular weight is 619 g/mol. The van der Waals surface area contributed by atoms with Gasteiger partial charge >= 0.3 is 18.1 Å². The molecule has 43 heavy (non-hydrogen) atoms. The van der Waals surface area contributed by atoms with E-state index in [0.717, 1.165) is 29.1 Å². The molecule has 1 N–H and O–H groups in total. The van der Waals surface area contributed by atoms with Gasteiger partial charge in [-0.1, -0.05) is 39.5 Å². The monoisotopic (exact) mass is 618 g/mol. The van der Waals surface area contributed by atoms with Crippen LogP contribution in [0.5, 0.6) is 0 Å². The molecule has 2 atom stereocenters. The van der Waals surface area contributed by atoms with Crippen molar-refractivity contribution in [1.29, 1.82) is 0 Å². The van der Waals surface area contributed by atoms with Crippen molar-refractivity contribution < 1.29 is 41.9 Å². The first-order valence-corrected chi connectivity index (χ1v) is 15.2. The van der Waals surface area contributed by atoms with Gasteiger partial charge < -0.3 is 24.8 Å². The second-order valence-electron chi connectivity index (χ2n) is 13.2. The summed E-state index contributed by atoms with van der Waals surface area (Å²) in [5.74, 6) is -5.23. The molecule has 13 heteroatoms. The van der Waals surface area contributed by atoms with Crippen molar-refractivity contribution in [3.63, 3.8) is 0 Å². The molecule has 0 spiro atoms. The number of carbonyl (C=O) groups excluding carboxylic acids is 5. The maximum Gasteiger partial charge on any atom is 0.471 e. The van der Waals surface area contributed by atoms with Crippen molar-refractivity contribution in [2.75, 3.05) is 27.2 Å². The Bertz CT molecular complexity index is 1010. The number of piperidine rings is 1. The van der Waals surface area contributed by atoms with Gasteiger partial charge in [0.1, 0.15) is 23.2 Å². The zero-order valence-corrected chi connectivity index (χ0v) is 26.6. The van der Waals surface area contributed by atoms with E-state index in [4.69, 9.17) is 4.74 Å². The van der Waals surface area contributed by atoms with Crippen molar-refractivity contribution >= 4 is 29.6 Å². The Kier molecular flexibility index (Phi) is 12.5. The molecular formula is C30H49F3N4O6.